The number of amides is 1. The number of aliphatic hydroxyl groups excluding tert-OH is 1. The summed E-state index contributed by atoms with van der Waals surface area (Å²) in [5.41, 5.74) is 0.588. The third-order valence-electron chi connectivity index (χ3n) is 3.29. The van der Waals surface area contributed by atoms with Gasteiger partial charge in [-0.1, -0.05) is 6.07 Å². The van der Waals surface area contributed by atoms with Gasteiger partial charge in [-0.3, -0.25) is 4.79 Å². The van der Waals surface area contributed by atoms with Gasteiger partial charge in [0.2, 0.25) is 0 Å². The Hall–Kier alpha value is -1.59. The first kappa shape index (κ1) is 13.8. The van der Waals surface area contributed by atoms with Crippen LogP contribution in [0.1, 0.15) is 17.3 Å². The van der Waals surface area contributed by atoms with E-state index in [0.29, 0.717) is 24.5 Å². The zero-order chi connectivity index (χ0) is 13.8. The number of carbonyl (C=O) groups is 1. The van der Waals surface area contributed by atoms with E-state index in [2.05, 4.69) is 0 Å². The van der Waals surface area contributed by atoms with Gasteiger partial charge in [-0.25, -0.2) is 0 Å². The second-order valence-corrected chi connectivity index (χ2v) is 4.68. The predicted molar refractivity (Wildman–Crippen MR) is 70.3 cm³/mol. The molecular weight excluding hydrogens is 246 g/mol. The van der Waals surface area contributed by atoms with E-state index in [1.165, 1.54) is 0 Å². The van der Waals surface area contributed by atoms with Crippen LogP contribution in [-0.4, -0.2) is 54.9 Å². The van der Waals surface area contributed by atoms with Crippen molar-refractivity contribution in [2.75, 3.05) is 26.9 Å². The van der Waals surface area contributed by atoms with Gasteiger partial charge >= 0.3 is 0 Å². The molecule has 2 atom stereocenters. The average Bonchev–Trinajstić information content (AvgIpc) is 2.47. The number of hydrogen-bond donors (Lipinski definition) is 1. The van der Waals surface area contributed by atoms with Gasteiger partial charge in [0, 0.05) is 12.1 Å². The van der Waals surface area contributed by atoms with Crippen molar-refractivity contribution in [1.82, 2.24) is 4.90 Å². The first-order chi connectivity index (χ1) is 9.15. The first-order valence-corrected chi connectivity index (χ1v) is 6.33. The second-order valence-electron chi connectivity index (χ2n) is 4.68. The van der Waals surface area contributed by atoms with Crippen LogP contribution in [0.2, 0.25) is 0 Å². The quantitative estimate of drug-likeness (QED) is 0.883. The lowest BCUT2D eigenvalue weighted by Gasteiger charge is -2.37. The van der Waals surface area contributed by atoms with Crippen LogP contribution in [0.15, 0.2) is 24.3 Å². The fourth-order valence-electron chi connectivity index (χ4n) is 2.13. The second kappa shape index (κ2) is 6.04. The molecule has 1 amide bonds. The standard InChI is InChI=1S/C14H19NO4/c1-10-9-19-13(8-16)7-15(10)14(17)11-4-3-5-12(6-11)18-2/h3-6,10,13,16H,7-9H2,1-2H3. The number of rotatable bonds is 3. The number of nitrogens with zero attached hydrogens (tertiary/aromatic N) is 1. The van der Waals surface area contributed by atoms with Crippen LogP contribution in [0.5, 0.6) is 5.75 Å². The molecule has 1 heterocycles. The Labute approximate surface area is 112 Å². The Morgan fingerprint density at radius 3 is 3.05 bits per heavy atom. The lowest BCUT2D eigenvalue weighted by Crippen LogP contribution is -2.52. The van der Waals surface area contributed by atoms with Crippen LogP contribution < -0.4 is 4.74 Å². The fraction of sp³-hybridized carbons (Fsp3) is 0.500. The summed E-state index contributed by atoms with van der Waals surface area (Å²) in [5.74, 6) is 0.596. The maximum absolute atomic E-state index is 12.5. The van der Waals surface area contributed by atoms with Crippen molar-refractivity contribution in [1.29, 1.82) is 0 Å². The van der Waals surface area contributed by atoms with Gasteiger partial charge in [0.15, 0.2) is 0 Å². The first-order valence-electron chi connectivity index (χ1n) is 6.33. The normalized spacial score (nSPS) is 23.2. The van der Waals surface area contributed by atoms with Gasteiger partial charge in [-0.05, 0) is 25.1 Å². The molecule has 0 aliphatic carbocycles. The van der Waals surface area contributed by atoms with Crippen molar-refractivity contribution >= 4 is 5.91 Å². The van der Waals surface area contributed by atoms with Crippen LogP contribution in [0.25, 0.3) is 0 Å². The summed E-state index contributed by atoms with van der Waals surface area (Å²) in [5, 5.41) is 9.15. The zero-order valence-corrected chi connectivity index (χ0v) is 11.2. The Morgan fingerprint density at radius 1 is 1.58 bits per heavy atom. The SMILES string of the molecule is COc1cccc(C(=O)N2CC(CO)OCC2C)c1. The maximum atomic E-state index is 12.5. The number of hydrogen-bond acceptors (Lipinski definition) is 4. The third-order valence-corrected chi connectivity index (χ3v) is 3.29. The number of morpholine rings is 1. The Bertz CT molecular complexity index is 449. The zero-order valence-electron chi connectivity index (χ0n) is 11.2. The Kier molecular flexibility index (Phi) is 4.39. The van der Waals surface area contributed by atoms with Crippen LogP contribution in [0.3, 0.4) is 0 Å². The highest BCUT2D eigenvalue weighted by Crippen LogP contribution is 2.18. The lowest BCUT2D eigenvalue weighted by molar-refractivity contribution is -0.0667. The molecule has 1 aliphatic rings. The minimum Gasteiger partial charge on any atom is -0.497 e. The molecule has 2 rings (SSSR count). The molecule has 0 aromatic heterocycles. The molecular formula is C14H19NO4. The third kappa shape index (κ3) is 3.05. The summed E-state index contributed by atoms with van der Waals surface area (Å²) >= 11 is 0. The molecule has 1 N–H and O–H groups in total. The van der Waals surface area contributed by atoms with Gasteiger partial charge in [0.1, 0.15) is 5.75 Å². The van der Waals surface area contributed by atoms with E-state index in [0.717, 1.165) is 0 Å². The molecule has 1 aromatic rings. The number of benzene rings is 1. The Balaban J connectivity index is 2.16. The summed E-state index contributed by atoms with van der Waals surface area (Å²) in [4.78, 5) is 14.2. The van der Waals surface area contributed by atoms with Crippen molar-refractivity contribution < 1.29 is 19.4 Å². The number of methoxy groups -OCH3 is 1. The fourth-order valence-corrected chi connectivity index (χ4v) is 2.13. The summed E-state index contributed by atoms with van der Waals surface area (Å²) in [7, 11) is 1.57. The smallest absolute Gasteiger partial charge is 0.254 e. The molecule has 0 bridgehead atoms. The lowest BCUT2D eigenvalue weighted by atomic mass is 10.1. The van der Waals surface area contributed by atoms with Gasteiger partial charge in [0.05, 0.1) is 32.5 Å². The minimum atomic E-state index is -0.300. The van der Waals surface area contributed by atoms with E-state index in [9.17, 15) is 4.79 Å². The van der Waals surface area contributed by atoms with E-state index in [1.807, 2.05) is 6.92 Å². The highest BCUT2D eigenvalue weighted by atomic mass is 16.5. The average molecular weight is 265 g/mol. The molecule has 5 heteroatoms. The summed E-state index contributed by atoms with van der Waals surface area (Å²) in [6, 6.07) is 7.08. The highest BCUT2D eigenvalue weighted by molar-refractivity contribution is 5.94. The molecule has 2 unspecified atom stereocenters. The van der Waals surface area contributed by atoms with Gasteiger partial charge in [-0.2, -0.15) is 0 Å². The molecule has 0 radical (unpaired) electrons. The van der Waals surface area contributed by atoms with Crippen molar-refractivity contribution in [3.05, 3.63) is 29.8 Å². The summed E-state index contributed by atoms with van der Waals surface area (Å²) in [6.07, 6.45) is -0.300. The van der Waals surface area contributed by atoms with Gasteiger partial charge in [-0.15, -0.1) is 0 Å². The largest absolute Gasteiger partial charge is 0.497 e. The summed E-state index contributed by atoms with van der Waals surface area (Å²) < 4.78 is 10.6. The summed E-state index contributed by atoms with van der Waals surface area (Å²) in [6.45, 7) is 2.72. The molecule has 19 heavy (non-hydrogen) atoms. The Morgan fingerprint density at radius 2 is 2.37 bits per heavy atom. The molecule has 0 saturated carbocycles. The predicted octanol–water partition coefficient (Wildman–Crippen LogP) is 0.917. The van der Waals surface area contributed by atoms with Crippen molar-refractivity contribution in [3.63, 3.8) is 0 Å². The van der Waals surface area contributed by atoms with Crippen LogP contribution in [0.4, 0.5) is 0 Å². The molecule has 1 saturated heterocycles. The van der Waals surface area contributed by atoms with E-state index < -0.39 is 0 Å². The number of ether oxygens (including phenoxy) is 2. The van der Waals surface area contributed by atoms with E-state index in [1.54, 1.807) is 36.3 Å². The van der Waals surface area contributed by atoms with Crippen molar-refractivity contribution in [3.8, 4) is 5.75 Å². The van der Waals surface area contributed by atoms with E-state index >= 15 is 0 Å². The van der Waals surface area contributed by atoms with Gasteiger partial charge in [0.25, 0.3) is 5.91 Å². The van der Waals surface area contributed by atoms with Crippen LogP contribution in [-0.2, 0) is 4.74 Å². The van der Waals surface area contributed by atoms with E-state index in [4.69, 9.17) is 14.6 Å². The number of aliphatic hydroxyl groups is 1. The van der Waals surface area contributed by atoms with Gasteiger partial charge < -0.3 is 19.5 Å². The number of carbonyl (C=O) groups excluding carboxylic acids is 1. The molecule has 104 valence electrons. The van der Waals surface area contributed by atoms with Crippen molar-refractivity contribution in [2.45, 2.75) is 19.1 Å². The monoisotopic (exact) mass is 265 g/mol. The topological polar surface area (TPSA) is 59.0 Å². The molecule has 1 aromatic carbocycles. The van der Waals surface area contributed by atoms with Crippen molar-refractivity contribution in [2.24, 2.45) is 0 Å². The maximum Gasteiger partial charge on any atom is 0.254 e. The molecule has 1 fully saturated rings. The van der Waals surface area contributed by atoms with Crippen LogP contribution in [0, 0.1) is 0 Å². The van der Waals surface area contributed by atoms with Crippen LogP contribution >= 0.6 is 0 Å². The molecule has 1 aliphatic heterocycles. The molecule has 0 spiro atoms. The van der Waals surface area contributed by atoms with E-state index in [-0.39, 0.29) is 24.7 Å². The molecule has 5 nitrogen and oxygen atoms in total. The minimum absolute atomic E-state index is 0.00139. The highest BCUT2D eigenvalue weighted by Gasteiger charge is 2.29.